The molecule has 1 N–H and O–H groups in total. The third kappa shape index (κ3) is 7.19. The summed E-state index contributed by atoms with van der Waals surface area (Å²) in [5, 5.41) is 13.7. The Kier molecular flexibility index (Phi) is 8.75. The average Bonchev–Trinajstić information content (AvgIpc) is 3.04. The molecule has 0 unspecified atom stereocenters. The Morgan fingerprint density at radius 1 is 1.06 bits per heavy atom. The van der Waals surface area contributed by atoms with E-state index in [0.29, 0.717) is 49.7 Å². The minimum Gasteiger partial charge on any atom is -0.492 e. The standard InChI is InChI=1S/C20H18Cl4N4O2S/c1-28-18(3-2-6-30-17-5-4-12(21)10-16(17)24)26-27-20(28)31-11-19(29)25-15-8-13(22)7-14(23)9-15/h4-5,7-10H,2-3,6,11H2,1H3,(H,25,29). The number of rotatable bonds is 9. The zero-order valence-corrected chi connectivity index (χ0v) is 20.2. The number of carbonyl (C=O) groups is 1. The molecule has 3 aromatic rings. The van der Waals surface area contributed by atoms with E-state index in [1.165, 1.54) is 11.8 Å². The number of ether oxygens (including phenoxy) is 1. The lowest BCUT2D eigenvalue weighted by atomic mass is 10.3. The molecule has 0 fully saturated rings. The van der Waals surface area contributed by atoms with E-state index in [9.17, 15) is 4.79 Å². The molecule has 0 spiro atoms. The van der Waals surface area contributed by atoms with Crippen molar-refractivity contribution in [2.75, 3.05) is 17.7 Å². The maximum absolute atomic E-state index is 12.2. The van der Waals surface area contributed by atoms with E-state index in [1.54, 1.807) is 36.4 Å². The van der Waals surface area contributed by atoms with E-state index in [4.69, 9.17) is 51.1 Å². The Bertz CT molecular complexity index is 1060. The molecule has 1 aromatic heterocycles. The van der Waals surface area contributed by atoms with Gasteiger partial charge in [0, 0.05) is 34.2 Å². The van der Waals surface area contributed by atoms with Crippen molar-refractivity contribution in [3.8, 4) is 5.75 Å². The molecule has 0 saturated heterocycles. The van der Waals surface area contributed by atoms with E-state index < -0.39 is 0 Å². The second kappa shape index (κ2) is 11.3. The van der Waals surface area contributed by atoms with Crippen LogP contribution in [0.3, 0.4) is 0 Å². The van der Waals surface area contributed by atoms with Crippen molar-refractivity contribution >= 4 is 69.8 Å². The molecule has 0 aliphatic heterocycles. The van der Waals surface area contributed by atoms with Gasteiger partial charge >= 0.3 is 0 Å². The Morgan fingerprint density at radius 2 is 1.81 bits per heavy atom. The van der Waals surface area contributed by atoms with Gasteiger partial charge in [0.2, 0.25) is 5.91 Å². The van der Waals surface area contributed by atoms with Crippen LogP contribution in [0.25, 0.3) is 0 Å². The number of halogens is 4. The minimum atomic E-state index is -0.193. The second-order valence-corrected chi connectivity index (χ2v) is 9.14. The summed E-state index contributed by atoms with van der Waals surface area (Å²) in [5.41, 5.74) is 0.544. The number of aryl methyl sites for hydroxylation is 1. The van der Waals surface area contributed by atoms with Gasteiger partial charge in [-0.05, 0) is 42.8 Å². The van der Waals surface area contributed by atoms with Crippen molar-refractivity contribution in [3.05, 3.63) is 62.3 Å². The van der Waals surface area contributed by atoms with Crippen molar-refractivity contribution in [3.63, 3.8) is 0 Å². The first-order valence-corrected chi connectivity index (χ1v) is 11.7. The highest BCUT2D eigenvalue weighted by atomic mass is 35.5. The van der Waals surface area contributed by atoms with E-state index >= 15 is 0 Å². The average molecular weight is 520 g/mol. The van der Waals surface area contributed by atoms with Crippen LogP contribution in [0.15, 0.2) is 41.6 Å². The SMILES string of the molecule is Cn1c(CCCOc2ccc(Cl)cc2Cl)nnc1SCC(=O)Nc1cc(Cl)cc(Cl)c1. The van der Waals surface area contributed by atoms with E-state index in [2.05, 4.69) is 15.5 Å². The first kappa shape index (κ1) is 24.0. The van der Waals surface area contributed by atoms with Crippen LogP contribution in [-0.2, 0) is 18.3 Å². The fourth-order valence-electron chi connectivity index (χ4n) is 2.65. The highest BCUT2D eigenvalue weighted by Gasteiger charge is 2.12. The summed E-state index contributed by atoms with van der Waals surface area (Å²) >= 11 is 25.2. The molecule has 164 valence electrons. The summed E-state index contributed by atoms with van der Waals surface area (Å²) in [6.45, 7) is 0.474. The molecule has 0 atom stereocenters. The van der Waals surface area contributed by atoms with Gasteiger partial charge in [0.1, 0.15) is 11.6 Å². The fourth-order valence-corrected chi connectivity index (χ4v) is 4.37. The molecule has 0 saturated carbocycles. The maximum atomic E-state index is 12.2. The Hall–Kier alpha value is -1.64. The molecule has 31 heavy (non-hydrogen) atoms. The second-order valence-electron chi connectivity index (χ2n) is 6.48. The quantitative estimate of drug-likeness (QED) is 0.270. The van der Waals surface area contributed by atoms with Gasteiger partial charge in [-0.3, -0.25) is 4.79 Å². The lowest BCUT2D eigenvalue weighted by molar-refractivity contribution is -0.113. The number of anilines is 1. The molecule has 1 amide bonds. The van der Waals surface area contributed by atoms with Crippen molar-refractivity contribution in [1.29, 1.82) is 0 Å². The van der Waals surface area contributed by atoms with Gasteiger partial charge in [-0.25, -0.2) is 0 Å². The Labute approximate surface area is 204 Å². The van der Waals surface area contributed by atoms with Gasteiger partial charge < -0.3 is 14.6 Å². The number of thioether (sulfide) groups is 1. The van der Waals surface area contributed by atoms with Crippen LogP contribution in [0.1, 0.15) is 12.2 Å². The van der Waals surface area contributed by atoms with Gasteiger partial charge in [0.05, 0.1) is 17.4 Å². The summed E-state index contributed by atoms with van der Waals surface area (Å²) in [7, 11) is 1.86. The van der Waals surface area contributed by atoms with Crippen molar-refractivity contribution < 1.29 is 9.53 Å². The number of carbonyl (C=O) groups excluding carboxylic acids is 1. The zero-order chi connectivity index (χ0) is 22.4. The number of benzene rings is 2. The molecule has 1 heterocycles. The van der Waals surface area contributed by atoms with Gasteiger partial charge in [-0.2, -0.15) is 0 Å². The number of aromatic nitrogens is 3. The molecule has 11 heteroatoms. The summed E-state index contributed by atoms with van der Waals surface area (Å²) in [6, 6.07) is 9.98. The zero-order valence-electron chi connectivity index (χ0n) is 16.4. The predicted octanol–water partition coefficient (Wildman–Crippen LogP) is 6.17. The molecular weight excluding hydrogens is 502 g/mol. The van der Waals surface area contributed by atoms with Crippen LogP contribution in [0.2, 0.25) is 20.1 Å². The summed E-state index contributed by atoms with van der Waals surface area (Å²) < 4.78 is 7.55. The molecule has 0 aliphatic carbocycles. The van der Waals surface area contributed by atoms with Crippen LogP contribution in [0.4, 0.5) is 5.69 Å². The van der Waals surface area contributed by atoms with Crippen molar-refractivity contribution in [2.45, 2.75) is 18.0 Å². The van der Waals surface area contributed by atoms with Gasteiger partial charge in [0.15, 0.2) is 5.16 Å². The number of hydrogen-bond acceptors (Lipinski definition) is 5. The van der Waals surface area contributed by atoms with Crippen molar-refractivity contribution in [1.82, 2.24) is 14.8 Å². The maximum Gasteiger partial charge on any atom is 0.234 e. The predicted molar refractivity (Wildman–Crippen MR) is 127 cm³/mol. The van der Waals surface area contributed by atoms with Gasteiger partial charge in [-0.1, -0.05) is 58.2 Å². The van der Waals surface area contributed by atoms with Crippen LogP contribution >= 0.6 is 58.2 Å². The third-order valence-electron chi connectivity index (χ3n) is 4.10. The van der Waals surface area contributed by atoms with E-state index in [1.807, 2.05) is 11.6 Å². The third-order valence-corrected chi connectivity index (χ3v) is 6.09. The monoisotopic (exact) mass is 518 g/mol. The summed E-state index contributed by atoms with van der Waals surface area (Å²) in [6.07, 6.45) is 1.40. The normalized spacial score (nSPS) is 10.9. The van der Waals surface area contributed by atoms with Crippen molar-refractivity contribution in [2.24, 2.45) is 7.05 Å². The van der Waals surface area contributed by atoms with Crippen LogP contribution < -0.4 is 10.1 Å². The lowest BCUT2D eigenvalue weighted by Gasteiger charge is -2.08. The van der Waals surface area contributed by atoms with Crippen LogP contribution in [-0.4, -0.2) is 33.0 Å². The van der Waals surface area contributed by atoms with Crippen LogP contribution in [0.5, 0.6) is 5.75 Å². The minimum absolute atomic E-state index is 0.175. The van der Waals surface area contributed by atoms with Gasteiger partial charge in [0.25, 0.3) is 0 Å². The number of hydrogen-bond donors (Lipinski definition) is 1. The molecular formula is C20H18Cl4N4O2S. The first-order chi connectivity index (χ1) is 14.8. The molecule has 2 aromatic carbocycles. The largest absolute Gasteiger partial charge is 0.492 e. The van der Waals surface area contributed by atoms with E-state index in [-0.39, 0.29) is 11.7 Å². The summed E-state index contributed by atoms with van der Waals surface area (Å²) in [5.74, 6) is 1.37. The number of nitrogens with zero attached hydrogens (tertiary/aromatic N) is 3. The fraction of sp³-hybridized carbons (Fsp3) is 0.250. The van der Waals surface area contributed by atoms with Gasteiger partial charge in [-0.15, -0.1) is 10.2 Å². The highest BCUT2D eigenvalue weighted by molar-refractivity contribution is 7.99. The Balaban J connectivity index is 1.45. The van der Waals surface area contributed by atoms with Crippen LogP contribution in [0, 0.1) is 0 Å². The smallest absolute Gasteiger partial charge is 0.234 e. The number of nitrogens with one attached hydrogen (secondary N) is 1. The Morgan fingerprint density at radius 3 is 2.52 bits per heavy atom. The summed E-state index contributed by atoms with van der Waals surface area (Å²) in [4.78, 5) is 12.2. The molecule has 3 rings (SSSR count). The molecule has 0 aliphatic rings. The first-order valence-electron chi connectivity index (χ1n) is 9.16. The topological polar surface area (TPSA) is 69.0 Å². The lowest BCUT2D eigenvalue weighted by Crippen LogP contribution is -2.14. The molecule has 0 radical (unpaired) electrons. The molecule has 6 nitrogen and oxygen atoms in total. The number of amides is 1. The highest BCUT2D eigenvalue weighted by Crippen LogP contribution is 2.28. The van der Waals surface area contributed by atoms with E-state index in [0.717, 1.165) is 12.2 Å². The molecule has 0 bridgehead atoms.